The first-order valence-electron chi connectivity index (χ1n) is 6.77. The minimum absolute atomic E-state index is 0.631. The first-order valence-corrected chi connectivity index (χ1v) is 7.56. The molecule has 1 aromatic heterocycles. The molecule has 0 saturated carbocycles. The standard InChI is InChI=1S/C15H19ClN4S/c1-19(11-14-13(16)10-18-20(14)2)15(21)17-9-8-12-6-4-3-5-7-12/h3-7,10H,8-9,11H2,1-2H3,(H,17,21). The third-order valence-corrected chi connectivity index (χ3v) is 4.05. The molecule has 0 radical (unpaired) electrons. The lowest BCUT2D eigenvalue weighted by atomic mass is 10.1. The van der Waals surface area contributed by atoms with Crippen molar-refractivity contribution in [2.45, 2.75) is 13.0 Å². The van der Waals surface area contributed by atoms with Crippen LogP contribution in [0.3, 0.4) is 0 Å². The number of aromatic nitrogens is 2. The highest BCUT2D eigenvalue weighted by Gasteiger charge is 2.11. The van der Waals surface area contributed by atoms with Crippen LogP contribution in [0.25, 0.3) is 0 Å². The third-order valence-electron chi connectivity index (χ3n) is 3.28. The zero-order valence-corrected chi connectivity index (χ0v) is 13.8. The molecule has 2 aromatic rings. The molecule has 0 fully saturated rings. The Hall–Kier alpha value is -1.59. The summed E-state index contributed by atoms with van der Waals surface area (Å²) in [4.78, 5) is 1.96. The molecule has 0 spiro atoms. The molecule has 1 N–H and O–H groups in total. The molecule has 6 heteroatoms. The van der Waals surface area contributed by atoms with Gasteiger partial charge in [-0.3, -0.25) is 4.68 Å². The molecule has 1 heterocycles. The first kappa shape index (κ1) is 15.8. The number of hydrogen-bond donors (Lipinski definition) is 1. The molecular weight excluding hydrogens is 304 g/mol. The largest absolute Gasteiger partial charge is 0.362 e. The minimum atomic E-state index is 0.631. The van der Waals surface area contributed by atoms with Gasteiger partial charge < -0.3 is 10.2 Å². The fourth-order valence-electron chi connectivity index (χ4n) is 2.00. The summed E-state index contributed by atoms with van der Waals surface area (Å²) >= 11 is 11.5. The summed E-state index contributed by atoms with van der Waals surface area (Å²) in [6, 6.07) is 10.3. The maximum Gasteiger partial charge on any atom is 0.169 e. The van der Waals surface area contributed by atoms with Crippen LogP contribution in [0.2, 0.25) is 5.02 Å². The quantitative estimate of drug-likeness (QED) is 0.858. The van der Waals surface area contributed by atoms with E-state index in [4.69, 9.17) is 23.8 Å². The van der Waals surface area contributed by atoms with E-state index in [0.717, 1.165) is 18.7 Å². The fourth-order valence-corrected chi connectivity index (χ4v) is 2.40. The monoisotopic (exact) mass is 322 g/mol. The van der Waals surface area contributed by atoms with E-state index in [1.165, 1.54) is 5.56 Å². The summed E-state index contributed by atoms with van der Waals surface area (Å²) in [6.45, 7) is 1.44. The van der Waals surface area contributed by atoms with Crippen molar-refractivity contribution < 1.29 is 0 Å². The van der Waals surface area contributed by atoms with Gasteiger partial charge in [0.25, 0.3) is 0 Å². The molecular formula is C15H19ClN4S. The molecule has 0 bridgehead atoms. The molecule has 112 valence electrons. The topological polar surface area (TPSA) is 33.1 Å². The Morgan fingerprint density at radius 1 is 1.38 bits per heavy atom. The number of nitrogens with one attached hydrogen (secondary N) is 1. The molecule has 0 aliphatic carbocycles. The van der Waals surface area contributed by atoms with E-state index in [-0.39, 0.29) is 0 Å². The lowest BCUT2D eigenvalue weighted by Crippen LogP contribution is -2.38. The van der Waals surface area contributed by atoms with Gasteiger partial charge in [-0.1, -0.05) is 41.9 Å². The average Bonchev–Trinajstić information content (AvgIpc) is 2.80. The van der Waals surface area contributed by atoms with Crippen LogP contribution in [-0.2, 0) is 20.0 Å². The number of nitrogens with zero attached hydrogens (tertiary/aromatic N) is 3. The van der Waals surface area contributed by atoms with E-state index in [2.05, 4.69) is 22.5 Å². The van der Waals surface area contributed by atoms with Gasteiger partial charge in [0.2, 0.25) is 0 Å². The van der Waals surface area contributed by atoms with Gasteiger partial charge >= 0.3 is 0 Å². The second-order valence-electron chi connectivity index (χ2n) is 4.89. The Kier molecular flexibility index (Phi) is 5.59. The summed E-state index contributed by atoms with van der Waals surface area (Å²) in [6.07, 6.45) is 2.60. The first-order chi connectivity index (χ1) is 10.1. The normalized spacial score (nSPS) is 10.4. The van der Waals surface area contributed by atoms with E-state index in [1.54, 1.807) is 10.9 Å². The molecule has 0 amide bonds. The predicted molar refractivity (Wildman–Crippen MR) is 90.4 cm³/mol. The van der Waals surface area contributed by atoms with Crippen LogP contribution < -0.4 is 5.32 Å². The fraction of sp³-hybridized carbons (Fsp3) is 0.333. The summed E-state index contributed by atoms with van der Waals surface area (Å²) in [5.41, 5.74) is 2.25. The van der Waals surface area contributed by atoms with Gasteiger partial charge in [-0.15, -0.1) is 0 Å². The SMILES string of the molecule is CN(Cc1c(Cl)cnn1C)C(=S)NCCc1ccccc1. The van der Waals surface area contributed by atoms with Crippen molar-refractivity contribution in [3.05, 3.63) is 52.8 Å². The molecule has 0 saturated heterocycles. The van der Waals surface area contributed by atoms with Gasteiger partial charge in [0.15, 0.2) is 5.11 Å². The van der Waals surface area contributed by atoms with E-state index in [0.29, 0.717) is 16.7 Å². The van der Waals surface area contributed by atoms with Gasteiger partial charge in [-0.2, -0.15) is 5.10 Å². The van der Waals surface area contributed by atoms with Crippen LogP contribution in [0.4, 0.5) is 0 Å². The lowest BCUT2D eigenvalue weighted by molar-refractivity contribution is 0.467. The predicted octanol–water partition coefficient (Wildman–Crippen LogP) is 2.62. The van der Waals surface area contributed by atoms with Crippen LogP contribution >= 0.6 is 23.8 Å². The van der Waals surface area contributed by atoms with Crippen LogP contribution in [0, 0.1) is 0 Å². The molecule has 1 aromatic carbocycles. The van der Waals surface area contributed by atoms with Crippen LogP contribution in [0.5, 0.6) is 0 Å². The van der Waals surface area contributed by atoms with Crippen molar-refractivity contribution in [2.75, 3.05) is 13.6 Å². The number of halogens is 1. The Labute approximate surface area is 135 Å². The Bertz CT molecular complexity index is 577. The molecule has 0 aliphatic heterocycles. The summed E-state index contributed by atoms with van der Waals surface area (Å²) in [5.74, 6) is 0. The zero-order chi connectivity index (χ0) is 15.2. The maximum absolute atomic E-state index is 6.10. The zero-order valence-electron chi connectivity index (χ0n) is 12.2. The smallest absolute Gasteiger partial charge is 0.169 e. The van der Waals surface area contributed by atoms with Crippen molar-refractivity contribution >= 4 is 28.9 Å². The second-order valence-corrected chi connectivity index (χ2v) is 5.68. The van der Waals surface area contributed by atoms with Gasteiger partial charge in [0, 0.05) is 20.6 Å². The molecule has 21 heavy (non-hydrogen) atoms. The Morgan fingerprint density at radius 3 is 2.71 bits per heavy atom. The van der Waals surface area contributed by atoms with Crippen LogP contribution in [0.15, 0.2) is 36.5 Å². The van der Waals surface area contributed by atoms with E-state index in [9.17, 15) is 0 Å². The van der Waals surface area contributed by atoms with Crippen molar-refractivity contribution in [3.8, 4) is 0 Å². The summed E-state index contributed by atoms with van der Waals surface area (Å²) in [7, 11) is 3.82. The van der Waals surface area contributed by atoms with Gasteiger partial charge in [0.1, 0.15) is 0 Å². The second kappa shape index (κ2) is 7.43. The van der Waals surface area contributed by atoms with Crippen molar-refractivity contribution in [1.29, 1.82) is 0 Å². The maximum atomic E-state index is 6.10. The van der Waals surface area contributed by atoms with Gasteiger partial charge in [0.05, 0.1) is 23.5 Å². The highest BCUT2D eigenvalue weighted by Crippen LogP contribution is 2.15. The molecule has 0 aliphatic rings. The molecule has 4 nitrogen and oxygen atoms in total. The number of rotatable bonds is 5. The Balaban J connectivity index is 1.80. The van der Waals surface area contributed by atoms with Crippen molar-refractivity contribution in [3.63, 3.8) is 0 Å². The number of hydrogen-bond acceptors (Lipinski definition) is 2. The lowest BCUT2D eigenvalue weighted by Gasteiger charge is -2.21. The summed E-state index contributed by atoms with van der Waals surface area (Å²) in [5, 5.41) is 8.77. The van der Waals surface area contributed by atoms with Crippen LogP contribution in [0.1, 0.15) is 11.3 Å². The number of benzene rings is 1. The van der Waals surface area contributed by atoms with E-state index >= 15 is 0 Å². The number of aryl methyl sites for hydroxylation is 1. The van der Waals surface area contributed by atoms with Crippen LogP contribution in [-0.4, -0.2) is 33.4 Å². The van der Waals surface area contributed by atoms with Gasteiger partial charge in [-0.05, 0) is 24.2 Å². The van der Waals surface area contributed by atoms with Crippen molar-refractivity contribution in [1.82, 2.24) is 20.0 Å². The van der Waals surface area contributed by atoms with Gasteiger partial charge in [-0.25, -0.2) is 0 Å². The molecule has 0 atom stereocenters. The Morgan fingerprint density at radius 2 is 2.10 bits per heavy atom. The number of thiocarbonyl (C=S) groups is 1. The minimum Gasteiger partial charge on any atom is -0.362 e. The van der Waals surface area contributed by atoms with E-state index < -0.39 is 0 Å². The van der Waals surface area contributed by atoms with E-state index in [1.807, 2.05) is 37.2 Å². The highest BCUT2D eigenvalue weighted by molar-refractivity contribution is 7.80. The molecule has 2 rings (SSSR count). The highest BCUT2D eigenvalue weighted by atomic mass is 35.5. The molecule has 0 unspecified atom stereocenters. The van der Waals surface area contributed by atoms with Crippen molar-refractivity contribution in [2.24, 2.45) is 7.05 Å². The third kappa shape index (κ3) is 4.44. The average molecular weight is 323 g/mol. The summed E-state index contributed by atoms with van der Waals surface area (Å²) < 4.78 is 1.77.